The predicted octanol–water partition coefficient (Wildman–Crippen LogP) is 3.71. The smallest absolute Gasteiger partial charge is 0.259 e. The second-order valence-electron chi connectivity index (χ2n) is 3.74. The lowest BCUT2D eigenvalue weighted by Crippen LogP contribution is -2.14. The molecule has 19 heavy (non-hydrogen) atoms. The second kappa shape index (κ2) is 5.63. The first-order chi connectivity index (χ1) is 9.11. The highest BCUT2D eigenvalue weighted by atomic mass is 79.9. The number of carbonyl (C=O) groups is 1. The Balaban J connectivity index is 2.23. The molecule has 0 fully saturated rings. The van der Waals surface area contributed by atoms with Gasteiger partial charge in [-0.1, -0.05) is 6.07 Å². The van der Waals surface area contributed by atoms with Gasteiger partial charge < -0.3 is 5.32 Å². The quantitative estimate of drug-likeness (QED) is 0.917. The summed E-state index contributed by atoms with van der Waals surface area (Å²) in [5.41, 5.74) is 0.941. The number of anilines is 1. The second-order valence-corrected chi connectivity index (χ2v) is 4.59. The third-order valence-corrected chi connectivity index (χ3v) is 3.12. The first-order valence-corrected chi connectivity index (χ1v) is 6.16. The maximum Gasteiger partial charge on any atom is 0.259 e. The minimum absolute atomic E-state index is 0.0492. The van der Waals surface area contributed by atoms with E-state index < -0.39 is 11.7 Å². The molecule has 94 valence electrons. The van der Waals surface area contributed by atoms with Crippen LogP contribution < -0.4 is 5.32 Å². The average Bonchev–Trinajstić information content (AvgIpc) is 2.39. The molecule has 0 heterocycles. The molecule has 1 N–H and O–H groups in total. The lowest BCUT2D eigenvalue weighted by Gasteiger charge is -2.07. The van der Waals surface area contributed by atoms with E-state index in [4.69, 9.17) is 5.26 Å². The van der Waals surface area contributed by atoms with Crippen LogP contribution in [-0.4, -0.2) is 5.91 Å². The SMILES string of the molecule is N#Cc1ccc(NC(=O)c2c(F)cccc2Br)cc1. The summed E-state index contributed by atoms with van der Waals surface area (Å²) in [5, 5.41) is 11.2. The van der Waals surface area contributed by atoms with Gasteiger partial charge in [0.1, 0.15) is 5.82 Å². The highest BCUT2D eigenvalue weighted by Crippen LogP contribution is 2.21. The van der Waals surface area contributed by atoms with E-state index in [9.17, 15) is 9.18 Å². The van der Waals surface area contributed by atoms with Gasteiger partial charge in [-0.3, -0.25) is 4.79 Å². The van der Waals surface area contributed by atoms with E-state index in [1.54, 1.807) is 30.3 Å². The molecule has 5 heteroatoms. The van der Waals surface area contributed by atoms with Crippen molar-refractivity contribution in [3.63, 3.8) is 0 Å². The number of halogens is 2. The Hall–Kier alpha value is -2.19. The van der Waals surface area contributed by atoms with Crippen LogP contribution in [-0.2, 0) is 0 Å². The number of carbonyl (C=O) groups excluding carboxylic acids is 1. The first-order valence-electron chi connectivity index (χ1n) is 5.37. The summed E-state index contributed by atoms with van der Waals surface area (Å²) in [5.74, 6) is -1.14. The van der Waals surface area contributed by atoms with E-state index in [2.05, 4.69) is 21.2 Å². The number of rotatable bonds is 2. The molecule has 0 unspecified atom stereocenters. The van der Waals surface area contributed by atoms with E-state index >= 15 is 0 Å². The molecule has 0 radical (unpaired) electrons. The lowest BCUT2D eigenvalue weighted by atomic mass is 10.2. The molecule has 0 spiro atoms. The Kier molecular flexibility index (Phi) is 3.93. The first kappa shape index (κ1) is 13.2. The fraction of sp³-hybridized carbons (Fsp3) is 0. The number of nitrogens with one attached hydrogen (secondary N) is 1. The van der Waals surface area contributed by atoms with Gasteiger partial charge in [0.15, 0.2) is 0 Å². The summed E-state index contributed by atoms with van der Waals surface area (Å²) in [6.07, 6.45) is 0. The van der Waals surface area contributed by atoms with E-state index in [0.29, 0.717) is 15.7 Å². The van der Waals surface area contributed by atoms with Gasteiger partial charge in [-0.05, 0) is 52.3 Å². The molecule has 1 amide bonds. The molecular formula is C14H8BrFN2O. The summed E-state index contributed by atoms with van der Waals surface area (Å²) in [6, 6.07) is 12.6. The summed E-state index contributed by atoms with van der Waals surface area (Å²) in [4.78, 5) is 12.0. The zero-order valence-electron chi connectivity index (χ0n) is 9.65. The lowest BCUT2D eigenvalue weighted by molar-refractivity contribution is 0.102. The minimum atomic E-state index is -0.597. The molecule has 0 aliphatic carbocycles. The van der Waals surface area contributed by atoms with Crippen LogP contribution >= 0.6 is 15.9 Å². The number of nitrogens with zero attached hydrogens (tertiary/aromatic N) is 1. The number of benzene rings is 2. The van der Waals surface area contributed by atoms with Gasteiger partial charge in [0.25, 0.3) is 5.91 Å². The number of hydrogen-bond donors (Lipinski definition) is 1. The molecular weight excluding hydrogens is 311 g/mol. The topological polar surface area (TPSA) is 52.9 Å². The van der Waals surface area contributed by atoms with Crippen molar-refractivity contribution >= 4 is 27.5 Å². The molecule has 0 aliphatic heterocycles. The molecule has 0 aromatic heterocycles. The Morgan fingerprint density at radius 1 is 1.21 bits per heavy atom. The van der Waals surface area contributed by atoms with Crippen LogP contribution in [0.2, 0.25) is 0 Å². The van der Waals surface area contributed by atoms with Crippen molar-refractivity contribution in [1.82, 2.24) is 0 Å². The average molecular weight is 319 g/mol. The third-order valence-electron chi connectivity index (χ3n) is 2.46. The van der Waals surface area contributed by atoms with Crippen LogP contribution in [0.5, 0.6) is 0 Å². The maximum atomic E-state index is 13.6. The molecule has 2 aromatic rings. The van der Waals surface area contributed by atoms with Crippen molar-refractivity contribution in [2.24, 2.45) is 0 Å². The van der Waals surface area contributed by atoms with Gasteiger partial charge in [0.2, 0.25) is 0 Å². The van der Waals surface area contributed by atoms with Gasteiger partial charge >= 0.3 is 0 Å². The van der Waals surface area contributed by atoms with Crippen molar-refractivity contribution in [2.45, 2.75) is 0 Å². The van der Waals surface area contributed by atoms with Crippen LogP contribution in [0, 0.1) is 17.1 Å². The molecule has 2 rings (SSSR count). The van der Waals surface area contributed by atoms with Gasteiger partial charge in [-0.15, -0.1) is 0 Å². The molecule has 0 aliphatic rings. The standard InChI is InChI=1S/C14H8BrFN2O/c15-11-2-1-3-12(16)13(11)14(19)18-10-6-4-9(8-17)5-7-10/h1-7H,(H,18,19). The summed E-state index contributed by atoms with van der Waals surface area (Å²) >= 11 is 3.14. The number of nitriles is 1. The van der Waals surface area contributed by atoms with E-state index in [-0.39, 0.29) is 5.56 Å². The van der Waals surface area contributed by atoms with Crippen LogP contribution in [0.15, 0.2) is 46.9 Å². The monoisotopic (exact) mass is 318 g/mol. The predicted molar refractivity (Wildman–Crippen MR) is 73.2 cm³/mol. The Bertz CT molecular complexity index is 642. The molecule has 0 saturated heterocycles. The Morgan fingerprint density at radius 3 is 2.47 bits per heavy atom. The van der Waals surface area contributed by atoms with Gasteiger partial charge in [-0.25, -0.2) is 4.39 Å². The fourth-order valence-electron chi connectivity index (χ4n) is 1.54. The van der Waals surface area contributed by atoms with Crippen molar-refractivity contribution < 1.29 is 9.18 Å². The van der Waals surface area contributed by atoms with Crippen molar-refractivity contribution in [3.05, 3.63) is 63.9 Å². The summed E-state index contributed by atoms with van der Waals surface area (Å²) in [7, 11) is 0. The van der Waals surface area contributed by atoms with Gasteiger partial charge in [0.05, 0.1) is 17.2 Å². The van der Waals surface area contributed by atoms with Gasteiger partial charge in [0, 0.05) is 10.2 Å². The van der Waals surface area contributed by atoms with Crippen LogP contribution in [0.1, 0.15) is 15.9 Å². The molecule has 3 nitrogen and oxygen atoms in total. The van der Waals surface area contributed by atoms with E-state index in [1.807, 2.05) is 6.07 Å². The maximum absolute atomic E-state index is 13.6. The highest BCUT2D eigenvalue weighted by Gasteiger charge is 2.15. The molecule has 0 atom stereocenters. The highest BCUT2D eigenvalue weighted by molar-refractivity contribution is 9.10. The van der Waals surface area contributed by atoms with E-state index in [0.717, 1.165) is 0 Å². The molecule has 0 bridgehead atoms. The summed E-state index contributed by atoms with van der Waals surface area (Å²) in [6.45, 7) is 0. The molecule has 0 saturated carbocycles. The minimum Gasteiger partial charge on any atom is -0.322 e. The number of amides is 1. The number of hydrogen-bond acceptors (Lipinski definition) is 2. The largest absolute Gasteiger partial charge is 0.322 e. The zero-order valence-corrected chi connectivity index (χ0v) is 11.2. The molecule has 2 aromatic carbocycles. The Morgan fingerprint density at radius 2 is 1.89 bits per heavy atom. The van der Waals surface area contributed by atoms with Crippen molar-refractivity contribution in [2.75, 3.05) is 5.32 Å². The van der Waals surface area contributed by atoms with Crippen LogP contribution in [0.25, 0.3) is 0 Å². The van der Waals surface area contributed by atoms with E-state index in [1.165, 1.54) is 12.1 Å². The van der Waals surface area contributed by atoms with Crippen LogP contribution in [0.4, 0.5) is 10.1 Å². The van der Waals surface area contributed by atoms with Crippen LogP contribution in [0.3, 0.4) is 0 Å². The van der Waals surface area contributed by atoms with Crippen molar-refractivity contribution in [3.8, 4) is 6.07 Å². The third kappa shape index (κ3) is 2.98. The fourth-order valence-corrected chi connectivity index (χ4v) is 2.06. The van der Waals surface area contributed by atoms with Crippen molar-refractivity contribution in [1.29, 1.82) is 5.26 Å². The van der Waals surface area contributed by atoms with Gasteiger partial charge in [-0.2, -0.15) is 5.26 Å². The summed E-state index contributed by atoms with van der Waals surface area (Å²) < 4.78 is 14.0. The Labute approximate surface area is 117 Å². The normalized spacial score (nSPS) is 9.74. The zero-order chi connectivity index (χ0) is 13.8.